The molecule has 4 heteroatoms. The zero-order chi connectivity index (χ0) is 10.7. The Morgan fingerprint density at radius 2 is 2.33 bits per heavy atom. The van der Waals surface area contributed by atoms with Crippen LogP contribution in [0.15, 0.2) is 18.2 Å². The fourth-order valence-electron chi connectivity index (χ4n) is 1.32. The Morgan fingerprint density at radius 1 is 1.47 bits per heavy atom. The van der Waals surface area contributed by atoms with Crippen molar-refractivity contribution in [3.63, 3.8) is 0 Å². The first-order valence-electron chi connectivity index (χ1n) is 5.04. The van der Waals surface area contributed by atoms with Crippen molar-refractivity contribution in [2.45, 2.75) is 13.3 Å². The highest BCUT2D eigenvalue weighted by molar-refractivity contribution is 7.22. The molecule has 1 aromatic carbocycles. The Hall–Kier alpha value is -1.29. The van der Waals surface area contributed by atoms with Gasteiger partial charge in [-0.1, -0.05) is 18.3 Å². The molecule has 0 bridgehead atoms. The highest BCUT2D eigenvalue weighted by Crippen LogP contribution is 2.28. The highest BCUT2D eigenvalue weighted by atomic mass is 32.1. The summed E-state index contributed by atoms with van der Waals surface area (Å²) in [6, 6.07) is 6.01. The van der Waals surface area contributed by atoms with E-state index in [-0.39, 0.29) is 0 Å². The minimum Gasteiger partial charge on any atom is -0.494 e. The minimum atomic E-state index is 0.767. The second kappa shape index (κ2) is 4.49. The predicted octanol–water partition coefficient (Wildman–Crippen LogP) is 3.13. The molecule has 0 amide bonds. The first-order valence-corrected chi connectivity index (χ1v) is 5.86. The largest absolute Gasteiger partial charge is 0.494 e. The lowest BCUT2D eigenvalue weighted by atomic mass is 10.3. The molecular formula is C11H14N2OS. The third-order valence-electron chi connectivity index (χ3n) is 2.05. The summed E-state index contributed by atoms with van der Waals surface area (Å²) in [4.78, 5) is 4.40. The number of anilines is 1. The van der Waals surface area contributed by atoms with Crippen LogP contribution in [0, 0.1) is 0 Å². The summed E-state index contributed by atoms with van der Waals surface area (Å²) in [5.41, 5.74) is 1.02. The van der Waals surface area contributed by atoms with Gasteiger partial charge in [0, 0.05) is 7.05 Å². The summed E-state index contributed by atoms with van der Waals surface area (Å²) in [6.45, 7) is 2.87. The fourth-order valence-corrected chi connectivity index (χ4v) is 2.17. The molecule has 0 aliphatic rings. The topological polar surface area (TPSA) is 34.1 Å². The maximum Gasteiger partial charge on any atom is 0.183 e. The number of benzene rings is 1. The van der Waals surface area contributed by atoms with Crippen LogP contribution in [0.5, 0.6) is 5.75 Å². The van der Waals surface area contributed by atoms with E-state index in [1.165, 1.54) is 0 Å². The van der Waals surface area contributed by atoms with Gasteiger partial charge in [-0.25, -0.2) is 4.98 Å². The van der Waals surface area contributed by atoms with E-state index >= 15 is 0 Å². The van der Waals surface area contributed by atoms with Gasteiger partial charge in [-0.15, -0.1) is 0 Å². The van der Waals surface area contributed by atoms with Crippen LogP contribution >= 0.6 is 11.3 Å². The third kappa shape index (κ3) is 2.21. The number of fused-ring (bicyclic) bond motifs is 1. The van der Waals surface area contributed by atoms with Gasteiger partial charge in [0.15, 0.2) is 5.13 Å². The summed E-state index contributed by atoms with van der Waals surface area (Å²) in [5.74, 6) is 0.927. The molecule has 0 saturated carbocycles. The van der Waals surface area contributed by atoms with E-state index in [0.29, 0.717) is 0 Å². The number of rotatable bonds is 4. The quantitative estimate of drug-likeness (QED) is 0.863. The van der Waals surface area contributed by atoms with Crippen LogP contribution in [0.2, 0.25) is 0 Å². The predicted molar refractivity (Wildman–Crippen MR) is 65.0 cm³/mol. The van der Waals surface area contributed by atoms with Gasteiger partial charge >= 0.3 is 0 Å². The van der Waals surface area contributed by atoms with Crippen LogP contribution < -0.4 is 10.1 Å². The fraction of sp³-hybridized carbons (Fsp3) is 0.364. The van der Waals surface area contributed by atoms with Gasteiger partial charge in [0.25, 0.3) is 0 Å². The standard InChI is InChI=1S/C11H14N2OS/c1-3-6-14-8-4-5-9-10(7-8)15-11(12-2)13-9/h4-5,7H,3,6H2,1-2H3,(H,12,13). The number of nitrogens with zero attached hydrogens (tertiary/aromatic N) is 1. The number of aromatic nitrogens is 1. The summed E-state index contributed by atoms with van der Waals surface area (Å²) in [7, 11) is 1.88. The maximum atomic E-state index is 5.56. The molecule has 0 spiro atoms. The van der Waals surface area contributed by atoms with E-state index in [9.17, 15) is 0 Å². The molecule has 0 aliphatic carbocycles. The van der Waals surface area contributed by atoms with Crippen LogP contribution in [0.25, 0.3) is 10.2 Å². The number of nitrogens with one attached hydrogen (secondary N) is 1. The molecule has 1 heterocycles. The zero-order valence-electron chi connectivity index (χ0n) is 8.91. The molecule has 0 saturated heterocycles. The number of thiazole rings is 1. The average molecular weight is 222 g/mol. The lowest BCUT2D eigenvalue weighted by molar-refractivity contribution is 0.318. The highest BCUT2D eigenvalue weighted by Gasteiger charge is 2.03. The van der Waals surface area contributed by atoms with E-state index in [0.717, 1.165) is 34.1 Å². The number of hydrogen-bond acceptors (Lipinski definition) is 4. The zero-order valence-corrected chi connectivity index (χ0v) is 9.73. The monoisotopic (exact) mass is 222 g/mol. The normalized spacial score (nSPS) is 10.5. The summed E-state index contributed by atoms with van der Waals surface area (Å²) in [5, 5.41) is 3.99. The van der Waals surface area contributed by atoms with Crippen LogP contribution in [0.1, 0.15) is 13.3 Å². The summed E-state index contributed by atoms with van der Waals surface area (Å²) in [6.07, 6.45) is 1.03. The van der Waals surface area contributed by atoms with E-state index < -0.39 is 0 Å². The molecular weight excluding hydrogens is 208 g/mol. The van der Waals surface area contributed by atoms with Gasteiger partial charge in [-0.05, 0) is 24.6 Å². The molecule has 0 unspecified atom stereocenters. The summed E-state index contributed by atoms with van der Waals surface area (Å²) >= 11 is 1.64. The minimum absolute atomic E-state index is 0.767. The van der Waals surface area contributed by atoms with Gasteiger partial charge < -0.3 is 10.1 Å². The molecule has 1 aromatic heterocycles. The van der Waals surface area contributed by atoms with Gasteiger partial charge in [0.2, 0.25) is 0 Å². The molecule has 0 radical (unpaired) electrons. The third-order valence-corrected chi connectivity index (χ3v) is 3.08. The Balaban J connectivity index is 2.29. The van der Waals surface area contributed by atoms with Crippen molar-refractivity contribution in [1.29, 1.82) is 0 Å². The molecule has 2 aromatic rings. The molecule has 1 N–H and O–H groups in total. The van der Waals surface area contributed by atoms with Crippen molar-refractivity contribution < 1.29 is 4.74 Å². The second-order valence-corrected chi connectivity index (χ2v) is 4.28. The molecule has 0 atom stereocenters. The van der Waals surface area contributed by atoms with Crippen LogP contribution in [0.3, 0.4) is 0 Å². The van der Waals surface area contributed by atoms with Gasteiger partial charge in [-0.2, -0.15) is 0 Å². The van der Waals surface area contributed by atoms with Crippen molar-refractivity contribution >= 4 is 26.7 Å². The molecule has 0 fully saturated rings. The van der Waals surface area contributed by atoms with Gasteiger partial charge in [-0.3, -0.25) is 0 Å². The molecule has 0 aliphatic heterocycles. The molecule has 3 nitrogen and oxygen atoms in total. The molecule has 2 rings (SSSR count). The van der Waals surface area contributed by atoms with E-state index in [1.807, 2.05) is 25.2 Å². The lowest BCUT2D eigenvalue weighted by Crippen LogP contribution is -1.93. The number of hydrogen-bond donors (Lipinski definition) is 1. The van der Waals surface area contributed by atoms with E-state index in [4.69, 9.17) is 4.74 Å². The lowest BCUT2D eigenvalue weighted by Gasteiger charge is -2.02. The Labute approximate surface area is 93.1 Å². The van der Waals surface area contributed by atoms with Crippen molar-refractivity contribution in [2.24, 2.45) is 0 Å². The average Bonchev–Trinajstić information content (AvgIpc) is 2.68. The number of ether oxygens (including phenoxy) is 1. The Kier molecular flexibility index (Phi) is 3.06. The second-order valence-electron chi connectivity index (χ2n) is 3.25. The Bertz CT molecular complexity index is 453. The smallest absolute Gasteiger partial charge is 0.183 e. The first-order chi connectivity index (χ1) is 7.33. The van der Waals surface area contributed by atoms with Crippen molar-refractivity contribution in [3.05, 3.63) is 18.2 Å². The van der Waals surface area contributed by atoms with Crippen molar-refractivity contribution in [1.82, 2.24) is 4.98 Å². The molecule has 80 valence electrons. The molecule has 15 heavy (non-hydrogen) atoms. The van der Waals surface area contributed by atoms with Crippen molar-refractivity contribution in [3.8, 4) is 5.75 Å². The maximum absolute atomic E-state index is 5.56. The van der Waals surface area contributed by atoms with Crippen LogP contribution in [-0.4, -0.2) is 18.6 Å². The SMILES string of the molecule is CCCOc1ccc2nc(NC)sc2c1. The summed E-state index contributed by atoms with van der Waals surface area (Å²) < 4.78 is 6.72. The van der Waals surface area contributed by atoms with Crippen molar-refractivity contribution in [2.75, 3.05) is 19.0 Å². The van der Waals surface area contributed by atoms with Gasteiger partial charge in [0.1, 0.15) is 5.75 Å². The Morgan fingerprint density at radius 3 is 3.07 bits per heavy atom. The van der Waals surface area contributed by atoms with E-state index in [2.05, 4.69) is 17.2 Å². The van der Waals surface area contributed by atoms with Crippen LogP contribution in [-0.2, 0) is 0 Å². The first kappa shape index (κ1) is 10.2. The van der Waals surface area contributed by atoms with E-state index in [1.54, 1.807) is 11.3 Å². The van der Waals surface area contributed by atoms with Gasteiger partial charge in [0.05, 0.1) is 16.8 Å². The van der Waals surface area contributed by atoms with Crippen LogP contribution in [0.4, 0.5) is 5.13 Å².